The fraction of sp³-hybridized carbons (Fsp3) is 0.583. The molecule has 0 amide bonds. The molecular formula is C12H13BrF5N3. The molecule has 0 saturated carbocycles. The summed E-state index contributed by atoms with van der Waals surface area (Å²) in [5, 5.41) is 2.93. The molecule has 0 radical (unpaired) electrons. The zero-order valence-corrected chi connectivity index (χ0v) is 12.4. The number of piperazine rings is 1. The number of hydrogen-bond donors (Lipinski definition) is 1. The average Bonchev–Trinajstić information content (AvgIpc) is 2.37. The number of alkyl halides is 5. The minimum absolute atomic E-state index is 0.141. The summed E-state index contributed by atoms with van der Waals surface area (Å²) in [6.07, 6.45) is -7.35. The first-order chi connectivity index (χ1) is 9.77. The minimum Gasteiger partial charge on any atom is -0.354 e. The molecule has 0 bridgehead atoms. The van der Waals surface area contributed by atoms with Crippen molar-refractivity contribution in [2.75, 3.05) is 24.5 Å². The van der Waals surface area contributed by atoms with Crippen molar-refractivity contribution >= 4 is 21.7 Å². The molecule has 3 nitrogen and oxygen atoms in total. The summed E-state index contributed by atoms with van der Waals surface area (Å²) in [4.78, 5) is 5.21. The van der Waals surface area contributed by atoms with Gasteiger partial charge in [-0.1, -0.05) is 0 Å². The van der Waals surface area contributed by atoms with Crippen LogP contribution in [-0.2, 0) is 6.18 Å². The van der Waals surface area contributed by atoms with Gasteiger partial charge in [-0.15, -0.1) is 0 Å². The summed E-state index contributed by atoms with van der Waals surface area (Å²) in [5.74, 6) is 0.145. The molecule has 1 N–H and O–H groups in total. The van der Waals surface area contributed by atoms with Gasteiger partial charge in [0.2, 0.25) is 6.43 Å². The maximum atomic E-state index is 12.8. The van der Waals surface area contributed by atoms with Gasteiger partial charge in [-0.2, -0.15) is 13.2 Å². The van der Waals surface area contributed by atoms with E-state index in [1.165, 1.54) is 12.1 Å². The topological polar surface area (TPSA) is 28.2 Å². The predicted octanol–water partition coefficient (Wildman–Crippen LogP) is 3.30. The minimum atomic E-state index is -4.56. The van der Waals surface area contributed by atoms with E-state index in [0.29, 0.717) is 13.1 Å². The first kappa shape index (κ1) is 16.4. The summed E-state index contributed by atoms with van der Waals surface area (Å²) < 4.78 is 63.1. The highest BCUT2D eigenvalue weighted by Crippen LogP contribution is 2.34. The number of halogens is 6. The summed E-state index contributed by atoms with van der Waals surface area (Å²) in [7, 11) is 0. The number of pyridine rings is 1. The van der Waals surface area contributed by atoms with Gasteiger partial charge in [0.15, 0.2) is 5.69 Å². The Labute approximate surface area is 126 Å². The largest absolute Gasteiger partial charge is 0.434 e. The van der Waals surface area contributed by atoms with Crippen molar-refractivity contribution in [1.29, 1.82) is 0 Å². The Kier molecular flexibility index (Phi) is 5.03. The molecule has 1 unspecified atom stereocenters. The highest BCUT2D eigenvalue weighted by atomic mass is 79.9. The second-order valence-electron chi connectivity index (χ2n) is 4.72. The highest BCUT2D eigenvalue weighted by molar-refractivity contribution is 9.10. The second-order valence-corrected chi connectivity index (χ2v) is 5.58. The number of nitrogens with one attached hydrogen (secondary N) is 1. The maximum Gasteiger partial charge on any atom is 0.434 e. The number of anilines is 1. The fourth-order valence-corrected chi connectivity index (χ4v) is 2.66. The molecule has 0 aromatic carbocycles. The van der Waals surface area contributed by atoms with E-state index in [2.05, 4.69) is 26.2 Å². The van der Waals surface area contributed by atoms with Gasteiger partial charge in [-0.25, -0.2) is 13.8 Å². The molecule has 1 aromatic heterocycles. The Balaban J connectivity index is 2.18. The van der Waals surface area contributed by atoms with Crippen LogP contribution < -0.4 is 10.2 Å². The molecule has 1 fully saturated rings. The van der Waals surface area contributed by atoms with Gasteiger partial charge in [-0.05, 0) is 28.1 Å². The summed E-state index contributed by atoms with van der Waals surface area (Å²) in [5.41, 5.74) is -1.01. The summed E-state index contributed by atoms with van der Waals surface area (Å²) >= 11 is 2.82. The summed E-state index contributed by atoms with van der Waals surface area (Å²) in [6, 6.07) is 2.26. The Morgan fingerprint density at radius 3 is 2.71 bits per heavy atom. The first-order valence-corrected chi connectivity index (χ1v) is 7.07. The molecule has 2 heterocycles. The Bertz CT molecular complexity index is 494. The van der Waals surface area contributed by atoms with Gasteiger partial charge in [0.25, 0.3) is 0 Å². The van der Waals surface area contributed by atoms with Gasteiger partial charge in [0.1, 0.15) is 5.82 Å². The third kappa shape index (κ3) is 4.26. The van der Waals surface area contributed by atoms with Crippen molar-refractivity contribution in [3.63, 3.8) is 0 Å². The highest BCUT2D eigenvalue weighted by Gasteiger charge is 2.36. The third-order valence-electron chi connectivity index (χ3n) is 3.14. The van der Waals surface area contributed by atoms with E-state index in [-0.39, 0.29) is 23.3 Å². The molecule has 21 heavy (non-hydrogen) atoms. The van der Waals surface area contributed by atoms with Gasteiger partial charge in [0, 0.05) is 36.6 Å². The second kappa shape index (κ2) is 6.43. The van der Waals surface area contributed by atoms with Crippen LogP contribution in [0.2, 0.25) is 0 Å². The zero-order chi connectivity index (χ0) is 15.6. The van der Waals surface area contributed by atoms with Crippen molar-refractivity contribution < 1.29 is 22.0 Å². The van der Waals surface area contributed by atoms with Crippen LogP contribution in [0.5, 0.6) is 0 Å². The van der Waals surface area contributed by atoms with E-state index in [9.17, 15) is 22.0 Å². The molecule has 0 spiro atoms. The molecule has 1 aliphatic rings. The molecule has 0 aliphatic carbocycles. The van der Waals surface area contributed by atoms with Crippen LogP contribution in [0, 0.1) is 0 Å². The van der Waals surface area contributed by atoms with Crippen LogP contribution in [-0.4, -0.2) is 37.1 Å². The van der Waals surface area contributed by atoms with Gasteiger partial charge >= 0.3 is 6.18 Å². The van der Waals surface area contributed by atoms with Crippen LogP contribution in [0.25, 0.3) is 0 Å². The molecule has 1 aliphatic heterocycles. The van der Waals surface area contributed by atoms with Crippen LogP contribution in [0.3, 0.4) is 0 Å². The Morgan fingerprint density at radius 2 is 2.10 bits per heavy atom. The lowest BCUT2D eigenvalue weighted by Gasteiger charge is -2.34. The van der Waals surface area contributed by atoms with Crippen molar-refractivity contribution in [1.82, 2.24) is 10.3 Å². The quantitative estimate of drug-likeness (QED) is 0.824. The van der Waals surface area contributed by atoms with E-state index >= 15 is 0 Å². The Morgan fingerprint density at radius 1 is 1.38 bits per heavy atom. The summed E-state index contributed by atoms with van der Waals surface area (Å²) in [6.45, 7) is 1.05. The van der Waals surface area contributed by atoms with Crippen molar-refractivity contribution in [2.24, 2.45) is 0 Å². The van der Waals surface area contributed by atoms with E-state index < -0.39 is 24.3 Å². The standard InChI is InChI=1S/C12H13BrF5N3/c13-8-1-2-10(20-11(8)12(16,17)18)21-4-3-19-7(6-21)5-9(14)15/h1-2,7,9,19H,3-6H2. The van der Waals surface area contributed by atoms with Crippen molar-refractivity contribution in [3.8, 4) is 0 Å². The molecule has 118 valence electrons. The predicted molar refractivity (Wildman–Crippen MR) is 71.6 cm³/mol. The van der Waals surface area contributed by atoms with Crippen molar-refractivity contribution in [2.45, 2.75) is 25.1 Å². The molecule has 1 aromatic rings. The lowest BCUT2D eigenvalue weighted by molar-refractivity contribution is -0.141. The van der Waals surface area contributed by atoms with Crippen LogP contribution in [0.1, 0.15) is 12.1 Å². The normalized spacial score (nSPS) is 20.1. The fourth-order valence-electron chi connectivity index (χ4n) is 2.21. The molecule has 9 heteroatoms. The molecular weight excluding hydrogens is 361 g/mol. The number of aromatic nitrogens is 1. The van der Waals surface area contributed by atoms with Gasteiger partial charge < -0.3 is 10.2 Å². The van der Waals surface area contributed by atoms with Crippen LogP contribution >= 0.6 is 15.9 Å². The number of nitrogens with zero attached hydrogens (tertiary/aromatic N) is 2. The van der Waals surface area contributed by atoms with E-state index in [0.717, 1.165) is 0 Å². The van der Waals surface area contributed by atoms with Crippen LogP contribution in [0.15, 0.2) is 16.6 Å². The van der Waals surface area contributed by atoms with E-state index in [4.69, 9.17) is 0 Å². The average molecular weight is 374 g/mol. The number of hydrogen-bond acceptors (Lipinski definition) is 3. The van der Waals surface area contributed by atoms with E-state index in [1.807, 2.05) is 0 Å². The van der Waals surface area contributed by atoms with Crippen LogP contribution in [0.4, 0.5) is 27.8 Å². The van der Waals surface area contributed by atoms with Crippen molar-refractivity contribution in [3.05, 3.63) is 22.3 Å². The lowest BCUT2D eigenvalue weighted by atomic mass is 10.1. The maximum absolute atomic E-state index is 12.8. The van der Waals surface area contributed by atoms with E-state index in [1.54, 1.807) is 4.90 Å². The third-order valence-corrected chi connectivity index (χ3v) is 3.78. The smallest absolute Gasteiger partial charge is 0.354 e. The monoisotopic (exact) mass is 373 g/mol. The SMILES string of the molecule is FC(F)CC1CN(c2ccc(Br)c(C(F)(F)F)n2)CCN1. The zero-order valence-electron chi connectivity index (χ0n) is 10.8. The van der Waals surface area contributed by atoms with Gasteiger partial charge in [0.05, 0.1) is 0 Å². The molecule has 1 saturated heterocycles. The first-order valence-electron chi connectivity index (χ1n) is 6.27. The number of rotatable bonds is 3. The molecule has 2 rings (SSSR count). The lowest BCUT2D eigenvalue weighted by Crippen LogP contribution is -2.51. The Hall–Kier alpha value is -0.960. The molecule has 1 atom stereocenters. The van der Waals surface area contributed by atoms with Gasteiger partial charge in [-0.3, -0.25) is 0 Å².